The molecule has 8 rings (SSSR count). The molecule has 8 aromatic rings. The monoisotopic (exact) mass is 530 g/mol. The molecule has 6 aromatic carbocycles. The van der Waals surface area contributed by atoms with E-state index in [4.69, 9.17) is 9.72 Å². The van der Waals surface area contributed by atoms with E-state index in [0.717, 1.165) is 49.1 Å². The van der Waals surface area contributed by atoms with Gasteiger partial charge in [0, 0.05) is 34.1 Å². The normalized spacial score (nSPS) is 11.5. The van der Waals surface area contributed by atoms with Crippen LogP contribution in [0.15, 0.2) is 134 Å². The third-order valence-electron chi connectivity index (χ3n) is 7.45. The van der Waals surface area contributed by atoms with E-state index < -0.39 is 0 Å². The summed E-state index contributed by atoms with van der Waals surface area (Å²) in [4.78, 5) is 9.35. The van der Waals surface area contributed by atoms with Gasteiger partial charge in [-0.05, 0) is 69.8 Å². The molecule has 0 bridgehead atoms. The lowest BCUT2D eigenvalue weighted by Gasteiger charge is -2.18. The van der Waals surface area contributed by atoms with Gasteiger partial charge in [-0.1, -0.05) is 78.9 Å². The van der Waals surface area contributed by atoms with Crippen LogP contribution in [-0.4, -0.2) is 9.97 Å². The van der Waals surface area contributed by atoms with Gasteiger partial charge in [0.2, 0.25) is 0 Å². The van der Waals surface area contributed by atoms with Crippen LogP contribution in [0.5, 0.6) is 11.5 Å². The van der Waals surface area contributed by atoms with Crippen molar-refractivity contribution in [3.63, 3.8) is 0 Å². The summed E-state index contributed by atoms with van der Waals surface area (Å²) in [6.45, 7) is 0. The average molecular weight is 531 g/mol. The number of benzene rings is 6. The van der Waals surface area contributed by atoms with Crippen LogP contribution in [0.2, 0.25) is 0 Å². The van der Waals surface area contributed by atoms with Crippen LogP contribution in [0.4, 0.5) is 0 Å². The smallest absolute Gasteiger partial charge is 0.143 e. The Kier molecular flexibility index (Phi) is 5.32. The topological polar surface area (TPSA) is 35.0 Å². The molecule has 3 nitrogen and oxygen atoms in total. The van der Waals surface area contributed by atoms with Crippen LogP contribution >= 0.6 is 11.3 Å². The minimum Gasteiger partial charge on any atom is -0.456 e. The Labute approximate surface area is 235 Å². The lowest BCUT2D eigenvalue weighted by molar-refractivity contribution is 0.494. The van der Waals surface area contributed by atoms with Crippen LogP contribution in [0.1, 0.15) is 0 Å². The maximum atomic E-state index is 6.69. The van der Waals surface area contributed by atoms with Gasteiger partial charge in [-0.2, -0.15) is 0 Å². The summed E-state index contributed by atoms with van der Waals surface area (Å²) in [5, 5.41) is 7.76. The Morgan fingerprint density at radius 2 is 1.30 bits per heavy atom. The van der Waals surface area contributed by atoms with Gasteiger partial charge in [-0.25, -0.2) is 4.98 Å². The van der Waals surface area contributed by atoms with Crippen molar-refractivity contribution in [2.45, 2.75) is 0 Å². The van der Waals surface area contributed by atoms with E-state index in [0.29, 0.717) is 0 Å². The third kappa shape index (κ3) is 3.73. The number of pyridine rings is 1. The molecule has 0 aliphatic carbocycles. The second-order valence-electron chi connectivity index (χ2n) is 9.81. The molecule has 0 aliphatic heterocycles. The van der Waals surface area contributed by atoms with Gasteiger partial charge in [-0.15, -0.1) is 11.3 Å². The molecule has 0 amide bonds. The second-order valence-corrected chi connectivity index (χ2v) is 10.8. The van der Waals surface area contributed by atoms with Crippen molar-refractivity contribution in [2.24, 2.45) is 0 Å². The Bertz CT molecular complexity index is 2100. The van der Waals surface area contributed by atoms with Crippen molar-refractivity contribution in [1.29, 1.82) is 0 Å². The lowest BCUT2D eigenvalue weighted by Crippen LogP contribution is -1.93. The van der Waals surface area contributed by atoms with Gasteiger partial charge in [0.15, 0.2) is 0 Å². The first-order chi connectivity index (χ1) is 19.8. The molecule has 0 saturated carbocycles. The first kappa shape index (κ1) is 22.9. The number of rotatable bonds is 4. The minimum atomic E-state index is 0.783. The van der Waals surface area contributed by atoms with E-state index in [1.54, 1.807) is 11.3 Å². The fraction of sp³-hybridized carbons (Fsp3) is 0. The molecule has 2 aromatic heterocycles. The number of hydrogen-bond acceptors (Lipinski definition) is 4. The number of nitrogens with zero attached hydrogens (tertiary/aromatic N) is 2. The van der Waals surface area contributed by atoms with E-state index in [1.165, 1.54) is 26.6 Å². The second kappa shape index (κ2) is 9.30. The summed E-state index contributed by atoms with van der Waals surface area (Å²) in [5.41, 5.74) is 4.48. The predicted octanol–water partition coefficient (Wildman–Crippen LogP) is 10.3. The predicted molar refractivity (Wildman–Crippen MR) is 167 cm³/mol. The fourth-order valence-corrected chi connectivity index (χ4v) is 6.57. The first-order valence-corrected chi connectivity index (χ1v) is 14.1. The van der Waals surface area contributed by atoms with Gasteiger partial charge in [0.05, 0.1) is 10.2 Å². The van der Waals surface area contributed by atoms with Crippen molar-refractivity contribution >= 4 is 53.9 Å². The van der Waals surface area contributed by atoms with Crippen molar-refractivity contribution in [1.82, 2.24) is 9.97 Å². The number of ether oxygens (including phenoxy) is 1. The zero-order valence-corrected chi connectivity index (χ0v) is 22.2. The highest BCUT2D eigenvalue weighted by atomic mass is 32.1. The van der Waals surface area contributed by atoms with Gasteiger partial charge in [-0.3, -0.25) is 4.98 Å². The molecule has 4 heteroatoms. The van der Waals surface area contributed by atoms with Crippen molar-refractivity contribution in [3.05, 3.63) is 134 Å². The maximum Gasteiger partial charge on any atom is 0.143 e. The SMILES string of the molecule is c1ccc2c(-c3c4ccccc4c(Oc4ccc(-c5nc6ccccc6s5)cc4)c4ccncc34)cccc2c1. The molecule has 0 atom stereocenters. The number of aromatic nitrogens is 2. The number of hydrogen-bond donors (Lipinski definition) is 0. The van der Waals surface area contributed by atoms with Gasteiger partial charge in [0.1, 0.15) is 16.5 Å². The zero-order chi connectivity index (χ0) is 26.5. The summed E-state index contributed by atoms with van der Waals surface area (Å²) in [7, 11) is 0. The molecule has 0 radical (unpaired) electrons. The third-order valence-corrected chi connectivity index (χ3v) is 8.54. The van der Waals surface area contributed by atoms with Gasteiger partial charge in [0.25, 0.3) is 0 Å². The summed E-state index contributed by atoms with van der Waals surface area (Å²) in [5.74, 6) is 1.62. The van der Waals surface area contributed by atoms with Crippen molar-refractivity contribution < 1.29 is 4.74 Å². The van der Waals surface area contributed by atoms with Gasteiger partial charge >= 0.3 is 0 Å². The van der Waals surface area contributed by atoms with Crippen molar-refractivity contribution in [3.8, 4) is 33.2 Å². The highest BCUT2D eigenvalue weighted by Gasteiger charge is 2.18. The van der Waals surface area contributed by atoms with Crippen LogP contribution in [0.3, 0.4) is 0 Å². The molecule has 0 saturated heterocycles. The molecule has 0 unspecified atom stereocenters. The summed E-state index contributed by atoms with van der Waals surface area (Å²) in [6.07, 6.45) is 3.80. The molecule has 2 heterocycles. The van der Waals surface area contributed by atoms with Crippen LogP contribution < -0.4 is 4.74 Å². The fourth-order valence-electron chi connectivity index (χ4n) is 5.60. The van der Waals surface area contributed by atoms with Crippen LogP contribution in [-0.2, 0) is 0 Å². The van der Waals surface area contributed by atoms with E-state index >= 15 is 0 Å². The van der Waals surface area contributed by atoms with Crippen LogP contribution in [0, 0.1) is 0 Å². The largest absolute Gasteiger partial charge is 0.456 e. The Morgan fingerprint density at radius 1 is 0.575 bits per heavy atom. The summed E-state index contributed by atoms with van der Waals surface area (Å²) >= 11 is 1.71. The quantitative estimate of drug-likeness (QED) is 0.212. The Morgan fingerprint density at radius 3 is 2.17 bits per heavy atom. The maximum absolute atomic E-state index is 6.69. The van der Waals surface area contributed by atoms with E-state index in [1.807, 2.05) is 30.6 Å². The minimum absolute atomic E-state index is 0.783. The van der Waals surface area contributed by atoms with E-state index in [-0.39, 0.29) is 0 Å². The number of para-hydroxylation sites is 1. The zero-order valence-electron chi connectivity index (χ0n) is 21.4. The molecular weight excluding hydrogens is 508 g/mol. The molecular formula is C36H22N2OS. The highest BCUT2D eigenvalue weighted by Crippen LogP contribution is 2.46. The molecule has 0 fully saturated rings. The standard InChI is InChI=1S/C36H22N2OS/c1-2-10-26-23(8-1)9-7-13-27(26)34-28-11-3-4-12-29(28)35(30-20-21-37-22-31(30)34)39-25-18-16-24(17-19-25)36-38-32-14-5-6-15-33(32)40-36/h1-22H. The molecule has 0 N–H and O–H groups in total. The molecule has 188 valence electrons. The Hall–Kier alpha value is -5.06. The Balaban J connectivity index is 1.28. The molecule has 0 spiro atoms. The summed E-state index contributed by atoms with van der Waals surface area (Å²) in [6, 6.07) is 42.1. The molecule has 40 heavy (non-hydrogen) atoms. The molecule has 0 aliphatic rings. The summed E-state index contributed by atoms with van der Waals surface area (Å²) < 4.78 is 7.88. The van der Waals surface area contributed by atoms with Crippen LogP contribution in [0.25, 0.3) is 64.2 Å². The van der Waals surface area contributed by atoms with E-state index in [9.17, 15) is 0 Å². The lowest BCUT2D eigenvalue weighted by atomic mass is 9.89. The van der Waals surface area contributed by atoms with E-state index in [2.05, 4.69) is 108 Å². The highest BCUT2D eigenvalue weighted by molar-refractivity contribution is 7.21. The average Bonchev–Trinajstić information content (AvgIpc) is 3.46. The number of fused-ring (bicyclic) bond motifs is 4. The van der Waals surface area contributed by atoms with Crippen molar-refractivity contribution in [2.75, 3.05) is 0 Å². The first-order valence-electron chi connectivity index (χ1n) is 13.2. The number of thiazole rings is 1. The van der Waals surface area contributed by atoms with Gasteiger partial charge < -0.3 is 4.74 Å².